The molecule has 0 fully saturated rings. The van der Waals surface area contributed by atoms with Crippen molar-refractivity contribution in [1.82, 2.24) is 5.48 Å². The van der Waals surface area contributed by atoms with Crippen molar-refractivity contribution in [3.8, 4) is 0 Å². The molecule has 0 aliphatic carbocycles. The van der Waals surface area contributed by atoms with Crippen LogP contribution in [0.2, 0.25) is 0 Å². The maximum absolute atomic E-state index is 8.74. The van der Waals surface area contributed by atoms with Crippen LogP contribution in [-0.4, -0.2) is 50.0 Å². The third-order valence-corrected chi connectivity index (χ3v) is 3.85. The molecule has 0 saturated heterocycles. The van der Waals surface area contributed by atoms with Crippen molar-refractivity contribution in [3.63, 3.8) is 0 Å². The standard InChI is InChI=1S/C6H9Cl2N2O2.C5H6N.C4H8N2O2.Co/c1-4(9-11)6(2,10-12)5(8)3-7;1-2-4-6-5-3-1;1-3(5-7)4(2)6-8;/h10-12H,1-2H3;1-4H,5H2;7-8H,1-2H3;/q2*-1;;+3/b;;5-3+,6-4+;. The summed E-state index contributed by atoms with van der Waals surface area (Å²) in [6, 6.07) is 0. The maximum Gasteiger partial charge on any atom is 3.00 e. The predicted molar refractivity (Wildman–Crippen MR) is 103 cm³/mol. The fourth-order valence-corrected chi connectivity index (χ4v) is 1.37. The Kier molecular flexibility index (Phi) is 19.9. The summed E-state index contributed by atoms with van der Waals surface area (Å²) < 4.78 is 0. The van der Waals surface area contributed by atoms with Gasteiger partial charge in [0.1, 0.15) is 11.4 Å². The molecule has 1 unspecified atom stereocenters. The van der Waals surface area contributed by atoms with Crippen molar-refractivity contribution in [2.75, 3.05) is 6.54 Å². The second kappa shape index (κ2) is 17.8. The van der Waals surface area contributed by atoms with Gasteiger partial charge in [-0.1, -0.05) is 27.6 Å². The molecule has 0 bridgehead atoms. The van der Waals surface area contributed by atoms with Gasteiger partial charge < -0.3 is 43.3 Å². The van der Waals surface area contributed by atoms with Crippen molar-refractivity contribution in [1.29, 1.82) is 0 Å². The molecule has 5 N–H and O–H groups in total. The van der Waals surface area contributed by atoms with Crippen molar-refractivity contribution in [2.24, 2.45) is 15.5 Å². The van der Waals surface area contributed by atoms with E-state index in [0.717, 1.165) is 6.54 Å². The molecule has 0 aromatic carbocycles. The number of rotatable bonds is 4. The van der Waals surface area contributed by atoms with Gasteiger partial charge in [0.2, 0.25) is 0 Å². The Balaban J connectivity index is -0.000000333. The van der Waals surface area contributed by atoms with Gasteiger partial charge in [0.05, 0.1) is 11.3 Å². The predicted octanol–water partition coefficient (Wildman–Crippen LogP) is 3.82. The largest absolute Gasteiger partial charge is 3.00 e. The van der Waals surface area contributed by atoms with Gasteiger partial charge in [-0.15, -0.1) is 29.3 Å². The van der Waals surface area contributed by atoms with Crippen LogP contribution in [0.1, 0.15) is 27.7 Å². The fraction of sp³-hybridized carbons (Fsp3) is 0.400. The van der Waals surface area contributed by atoms with E-state index in [1.165, 1.54) is 27.7 Å². The second-order valence-electron chi connectivity index (χ2n) is 4.84. The smallest absolute Gasteiger partial charge is 0.687 e. The van der Waals surface area contributed by atoms with E-state index in [1.807, 2.05) is 23.7 Å². The molecule has 1 rings (SSSR count). The van der Waals surface area contributed by atoms with Crippen LogP contribution in [0.5, 0.6) is 0 Å². The van der Waals surface area contributed by atoms with Crippen LogP contribution in [0, 0.1) is 5.54 Å². The minimum Gasteiger partial charge on any atom is -0.687 e. The third-order valence-electron chi connectivity index (χ3n) is 3.09. The molecule has 27 heavy (non-hydrogen) atoms. The first-order valence-electron chi connectivity index (χ1n) is 7.11. The molecule has 1 aliphatic rings. The van der Waals surface area contributed by atoms with Crippen LogP contribution in [0.25, 0.3) is 5.32 Å². The SMILES string of the molecule is C1=CC[N-]C=C1.CC(=NO)C(C)(NO)C(Cl)=[C-]Cl.CC(=N\O)/C(C)=N/O.[Co+3]. The first-order chi connectivity index (χ1) is 12.2. The Bertz CT molecular complexity index is 547. The van der Waals surface area contributed by atoms with E-state index in [-0.39, 0.29) is 27.5 Å². The van der Waals surface area contributed by atoms with Crippen molar-refractivity contribution in [3.05, 3.63) is 40.3 Å². The van der Waals surface area contributed by atoms with E-state index in [4.69, 9.17) is 44.0 Å². The summed E-state index contributed by atoms with van der Waals surface area (Å²) in [4.78, 5) is 0. The Morgan fingerprint density at radius 1 is 1.11 bits per heavy atom. The first-order valence-corrected chi connectivity index (χ1v) is 7.86. The van der Waals surface area contributed by atoms with Crippen LogP contribution >= 0.6 is 23.2 Å². The van der Waals surface area contributed by atoms with E-state index in [9.17, 15) is 0 Å². The Morgan fingerprint density at radius 2 is 1.63 bits per heavy atom. The fourth-order valence-electron chi connectivity index (χ4n) is 1.000. The molecule has 12 heteroatoms. The van der Waals surface area contributed by atoms with Crippen molar-refractivity contribution < 1.29 is 37.6 Å². The zero-order valence-corrected chi connectivity index (χ0v) is 17.7. The van der Waals surface area contributed by atoms with Gasteiger partial charge in [-0.05, 0) is 27.7 Å². The molecule has 0 saturated carbocycles. The van der Waals surface area contributed by atoms with Crippen LogP contribution in [0.4, 0.5) is 0 Å². The molecule has 0 aromatic heterocycles. The number of hydroxylamine groups is 1. The molecule has 1 heterocycles. The van der Waals surface area contributed by atoms with E-state index < -0.39 is 5.54 Å². The summed E-state index contributed by atoms with van der Waals surface area (Å²) in [5, 5.41) is 45.6. The Hall–Kier alpha value is -1.56. The third kappa shape index (κ3) is 12.4. The summed E-state index contributed by atoms with van der Waals surface area (Å²) in [5.74, 6) is 0. The zero-order valence-electron chi connectivity index (χ0n) is 15.2. The summed E-state index contributed by atoms with van der Waals surface area (Å²) in [7, 11) is 0. The van der Waals surface area contributed by atoms with Gasteiger partial charge >= 0.3 is 16.8 Å². The molecular weight excluding hydrogens is 444 g/mol. The van der Waals surface area contributed by atoms with Crippen LogP contribution in [0.3, 0.4) is 0 Å². The Labute approximate surface area is 178 Å². The number of hydrogen-bond acceptors (Lipinski definition) is 8. The van der Waals surface area contributed by atoms with E-state index in [2.05, 4.69) is 26.3 Å². The average molecular weight is 467 g/mol. The minimum atomic E-state index is -1.20. The van der Waals surface area contributed by atoms with Crippen LogP contribution in [0.15, 0.2) is 44.9 Å². The number of nitrogens with zero attached hydrogens (tertiary/aromatic N) is 4. The van der Waals surface area contributed by atoms with Gasteiger partial charge in [0.25, 0.3) is 0 Å². The topological polar surface area (TPSA) is 144 Å². The van der Waals surface area contributed by atoms with Gasteiger partial charge in [0.15, 0.2) is 0 Å². The summed E-state index contributed by atoms with van der Waals surface area (Å²) in [6.07, 6.45) is 7.73. The maximum atomic E-state index is 8.74. The first kappa shape index (κ1) is 30.2. The average Bonchev–Trinajstić information content (AvgIpc) is 2.72. The summed E-state index contributed by atoms with van der Waals surface area (Å²) in [5.41, 5.74) is 3.58. The molecule has 0 spiro atoms. The molecule has 0 aromatic rings. The number of hydrogen-bond donors (Lipinski definition) is 5. The number of halogens is 2. The molecule has 154 valence electrons. The number of allylic oxidation sites excluding steroid dienone is 2. The quantitative estimate of drug-likeness (QED) is 0.185. The molecular formula is C15H23Cl2CoN5O4+. The molecule has 9 nitrogen and oxygen atoms in total. The van der Waals surface area contributed by atoms with Crippen molar-refractivity contribution in [2.45, 2.75) is 33.2 Å². The Morgan fingerprint density at radius 3 is 1.81 bits per heavy atom. The molecule has 1 aliphatic heterocycles. The number of nitrogens with one attached hydrogen (secondary N) is 1. The molecule has 0 radical (unpaired) electrons. The zero-order chi connectivity index (χ0) is 20.6. The monoisotopic (exact) mass is 466 g/mol. The van der Waals surface area contributed by atoms with E-state index in [0.29, 0.717) is 11.4 Å². The van der Waals surface area contributed by atoms with Crippen molar-refractivity contribution >= 4 is 40.3 Å². The van der Waals surface area contributed by atoms with Gasteiger partial charge in [-0.2, -0.15) is 11.7 Å². The van der Waals surface area contributed by atoms with Gasteiger partial charge in [-0.3, -0.25) is 0 Å². The summed E-state index contributed by atoms with van der Waals surface area (Å²) >= 11 is 10.8. The van der Waals surface area contributed by atoms with E-state index >= 15 is 0 Å². The minimum absolute atomic E-state index is 0. The summed E-state index contributed by atoms with van der Waals surface area (Å²) in [6.45, 7) is 6.89. The molecule has 0 amide bonds. The second-order valence-corrected chi connectivity index (χ2v) is 5.40. The van der Waals surface area contributed by atoms with E-state index in [1.54, 1.807) is 6.20 Å². The molecule has 1 atom stereocenters. The van der Waals surface area contributed by atoms with Gasteiger partial charge in [-0.25, -0.2) is 0 Å². The van der Waals surface area contributed by atoms with Crippen LogP contribution < -0.4 is 5.48 Å². The van der Waals surface area contributed by atoms with Gasteiger partial charge in [0, 0.05) is 0 Å². The normalized spacial score (nSPS) is 16.6. The number of oxime groups is 3. The van der Waals surface area contributed by atoms with Crippen LogP contribution in [-0.2, 0) is 16.8 Å².